The second kappa shape index (κ2) is 7.93. The third-order valence-electron chi connectivity index (χ3n) is 3.61. The molecule has 3 rings (SSSR count). The number of carbonyl (C=O) groups is 1. The van der Waals surface area contributed by atoms with Crippen LogP contribution in [0.15, 0.2) is 36.4 Å². The predicted octanol–water partition coefficient (Wildman–Crippen LogP) is 8.15. The van der Waals surface area contributed by atoms with Crippen LogP contribution >= 0.6 is 69.6 Å². The molecule has 0 atom stereocenters. The van der Waals surface area contributed by atoms with Crippen molar-refractivity contribution < 1.29 is 4.79 Å². The van der Waals surface area contributed by atoms with Crippen molar-refractivity contribution in [1.29, 1.82) is 0 Å². The topological polar surface area (TPSA) is 30.0 Å². The van der Waals surface area contributed by atoms with Crippen molar-refractivity contribution in [3.8, 4) is 22.5 Å². The summed E-state index contributed by atoms with van der Waals surface area (Å²) >= 11 is 36.8. The van der Waals surface area contributed by atoms with Crippen LogP contribution in [0.4, 0.5) is 0 Å². The molecule has 2 nitrogen and oxygen atoms in total. The molecule has 132 valence electrons. The zero-order chi connectivity index (χ0) is 19.0. The lowest BCUT2D eigenvalue weighted by atomic mass is 10.0. The van der Waals surface area contributed by atoms with Gasteiger partial charge in [-0.3, -0.25) is 4.79 Å². The lowest BCUT2D eigenvalue weighted by Crippen LogP contribution is -1.94. The van der Waals surface area contributed by atoms with Crippen LogP contribution in [-0.4, -0.2) is 11.3 Å². The Labute approximate surface area is 179 Å². The van der Waals surface area contributed by atoms with Crippen molar-refractivity contribution in [2.24, 2.45) is 0 Å². The summed E-state index contributed by atoms with van der Waals surface area (Å²) in [4.78, 5) is 16.0. The zero-order valence-electron chi connectivity index (χ0n) is 12.7. The lowest BCUT2D eigenvalue weighted by molar-refractivity contribution is 0.112. The molecule has 0 fully saturated rings. The second-order valence-electron chi connectivity index (χ2n) is 5.23. The number of aromatic nitrogens is 1. The molecule has 0 aliphatic heterocycles. The van der Waals surface area contributed by atoms with Crippen LogP contribution in [0, 0.1) is 0 Å². The van der Waals surface area contributed by atoms with Gasteiger partial charge in [0.15, 0.2) is 0 Å². The Morgan fingerprint density at radius 1 is 0.654 bits per heavy atom. The molecule has 1 aromatic heterocycles. The molecule has 0 N–H and O–H groups in total. The number of benzene rings is 2. The van der Waals surface area contributed by atoms with E-state index in [9.17, 15) is 4.79 Å². The first-order valence-electron chi connectivity index (χ1n) is 7.08. The number of aldehydes is 1. The molecule has 0 saturated carbocycles. The highest BCUT2D eigenvalue weighted by Gasteiger charge is 2.16. The van der Waals surface area contributed by atoms with E-state index >= 15 is 0 Å². The van der Waals surface area contributed by atoms with E-state index in [1.165, 1.54) is 0 Å². The molecule has 26 heavy (non-hydrogen) atoms. The molecule has 0 saturated heterocycles. The minimum Gasteiger partial charge on any atom is -0.298 e. The van der Waals surface area contributed by atoms with Gasteiger partial charge < -0.3 is 0 Å². The number of hydrogen-bond donors (Lipinski definition) is 0. The molecule has 0 aliphatic carbocycles. The largest absolute Gasteiger partial charge is 0.298 e. The van der Waals surface area contributed by atoms with Crippen LogP contribution < -0.4 is 0 Å². The molecule has 8 heteroatoms. The van der Waals surface area contributed by atoms with Crippen LogP contribution in [0.2, 0.25) is 30.1 Å². The van der Waals surface area contributed by atoms with Gasteiger partial charge in [0.1, 0.15) is 6.29 Å². The summed E-state index contributed by atoms with van der Waals surface area (Å²) in [5, 5.41) is 1.53. The average Bonchev–Trinajstić information content (AvgIpc) is 2.64. The molecule has 0 radical (unpaired) electrons. The van der Waals surface area contributed by atoms with E-state index < -0.39 is 0 Å². The van der Waals surface area contributed by atoms with Gasteiger partial charge in [-0.1, -0.05) is 69.6 Å². The molecule has 0 spiro atoms. The molecule has 2 aromatic carbocycles. The van der Waals surface area contributed by atoms with Crippen LogP contribution in [0.25, 0.3) is 22.5 Å². The summed E-state index contributed by atoms with van der Waals surface area (Å²) in [6.45, 7) is 0. The van der Waals surface area contributed by atoms with E-state index in [4.69, 9.17) is 69.6 Å². The number of halogens is 6. The minimum absolute atomic E-state index is 0.207. The zero-order valence-corrected chi connectivity index (χ0v) is 17.2. The van der Waals surface area contributed by atoms with Gasteiger partial charge in [-0.15, -0.1) is 0 Å². The monoisotopic (exact) mass is 463 g/mol. The van der Waals surface area contributed by atoms with Crippen molar-refractivity contribution in [2.45, 2.75) is 0 Å². The SMILES string of the molecule is O=Cc1cc(-c2ccc(Cl)c(Cl)c2Cl)nc(-c2ccc(Cl)c(Cl)c2Cl)c1. The maximum Gasteiger partial charge on any atom is 0.150 e. The van der Waals surface area contributed by atoms with Gasteiger partial charge in [0, 0.05) is 16.7 Å². The van der Waals surface area contributed by atoms with E-state index in [0.29, 0.717) is 44.4 Å². The van der Waals surface area contributed by atoms with Gasteiger partial charge in [0.05, 0.1) is 41.5 Å². The van der Waals surface area contributed by atoms with Crippen LogP contribution in [0.5, 0.6) is 0 Å². The van der Waals surface area contributed by atoms with Crippen LogP contribution in [0.3, 0.4) is 0 Å². The number of carbonyl (C=O) groups excluding carboxylic acids is 1. The second-order valence-corrected chi connectivity index (χ2v) is 7.56. The summed E-state index contributed by atoms with van der Waals surface area (Å²) in [6.07, 6.45) is 0.700. The van der Waals surface area contributed by atoms with Crippen molar-refractivity contribution >= 4 is 75.9 Å². The van der Waals surface area contributed by atoms with Crippen LogP contribution in [0.1, 0.15) is 10.4 Å². The minimum atomic E-state index is 0.207. The van der Waals surface area contributed by atoms with Crippen molar-refractivity contribution in [1.82, 2.24) is 4.98 Å². The van der Waals surface area contributed by atoms with Gasteiger partial charge in [0.2, 0.25) is 0 Å². The third-order valence-corrected chi connectivity index (χ3v) is 6.19. The highest BCUT2D eigenvalue weighted by Crippen LogP contribution is 2.40. The van der Waals surface area contributed by atoms with Gasteiger partial charge in [-0.2, -0.15) is 0 Å². The van der Waals surface area contributed by atoms with Gasteiger partial charge in [-0.05, 0) is 36.4 Å². The number of hydrogen-bond acceptors (Lipinski definition) is 2. The molecule has 0 aliphatic rings. The Morgan fingerprint density at radius 2 is 1.08 bits per heavy atom. The molecule has 0 amide bonds. The number of rotatable bonds is 3. The summed E-state index contributed by atoms with van der Waals surface area (Å²) in [7, 11) is 0. The summed E-state index contributed by atoms with van der Waals surface area (Å²) in [5.41, 5.74) is 2.32. The Balaban J connectivity index is 2.25. The number of pyridine rings is 1. The van der Waals surface area contributed by atoms with Crippen LogP contribution in [-0.2, 0) is 0 Å². The molecule has 0 unspecified atom stereocenters. The number of nitrogens with zero attached hydrogens (tertiary/aromatic N) is 1. The van der Waals surface area contributed by atoms with E-state index in [1.54, 1.807) is 36.4 Å². The fraction of sp³-hybridized carbons (Fsp3) is 0. The van der Waals surface area contributed by atoms with E-state index in [-0.39, 0.29) is 20.1 Å². The third kappa shape index (κ3) is 3.68. The molecular formula is C18H7Cl6NO. The van der Waals surface area contributed by atoms with E-state index in [0.717, 1.165) is 0 Å². The summed E-state index contributed by atoms with van der Waals surface area (Å²) in [5.74, 6) is 0. The van der Waals surface area contributed by atoms with Gasteiger partial charge in [-0.25, -0.2) is 4.98 Å². The Bertz CT molecular complexity index is 959. The van der Waals surface area contributed by atoms with Crippen molar-refractivity contribution in [3.63, 3.8) is 0 Å². The summed E-state index contributed by atoms with van der Waals surface area (Å²) < 4.78 is 0. The average molecular weight is 466 g/mol. The van der Waals surface area contributed by atoms with Gasteiger partial charge in [0.25, 0.3) is 0 Å². The predicted molar refractivity (Wildman–Crippen MR) is 111 cm³/mol. The fourth-order valence-electron chi connectivity index (χ4n) is 2.34. The molecule has 0 bridgehead atoms. The Kier molecular flexibility index (Phi) is 6.03. The van der Waals surface area contributed by atoms with E-state index in [1.807, 2.05) is 0 Å². The van der Waals surface area contributed by atoms with Gasteiger partial charge >= 0.3 is 0 Å². The quantitative estimate of drug-likeness (QED) is 0.288. The first-order valence-corrected chi connectivity index (χ1v) is 9.35. The van der Waals surface area contributed by atoms with E-state index in [2.05, 4.69) is 4.98 Å². The normalized spacial score (nSPS) is 10.8. The maximum absolute atomic E-state index is 11.4. The molecule has 1 heterocycles. The highest BCUT2D eigenvalue weighted by molar-refractivity contribution is 6.49. The molecular weight excluding hydrogens is 459 g/mol. The Hall–Kier alpha value is -1.000. The van der Waals surface area contributed by atoms with Crippen molar-refractivity contribution in [3.05, 3.63) is 72.1 Å². The first kappa shape index (κ1) is 19.8. The lowest BCUT2D eigenvalue weighted by Gasteiger charge is -2.12. The standard InChI is InChI=1S/C18H7Cl6NO/c19-11-3-1-9(15(21)17(11)23)13-5-8(7-26)6-14(25-13)10-2-4-12(20)18(24)16(10)22/h1-7H. The maximum atomic E-state index is 11.4. The van der Waals surface area contributed by atoms with Crippen molar-refractivity contribution in [2.75, 3.05) is 0 Å². The highest BCUT2D eigenvalue weighted by atomic mass is 35.5. The summed E-state index contributed by atoms with van der Waals surface area (Å²) in [6, 6.07) is 9.74. The smallest absolute Gasteiger partial charge is 0.150 e. The Morgan fingerprint density at radius 3 is 1.46 bits per heavy atom. The molecule has 3 aromatic rings. The first-order chi connectivity index (χ1) is 12.3. The fourth-order valence-corrected chi connectivity index (χ4v) is 3.61.